The van der Waals surface area contributed by atoms with Crippen molar-refractivity contribution in [3.8, 4) is 0 Å². The highest BCUT2D eigenvalue weighted by molar-refractivity contribution is 7.10. The van der Waals surface area contributed by atoms with Crippen LogP contribution in [0.3, 0.4) is 0 Å². The number of thiophene rings is 1. The largest absolute Gasteiger partial charge is 0.324 e. The molecule has 2 rings (SSSR count). The average molecular weight is 253 g/mol. The fraction of sp³-hybridized carbons (Fsp3) is 0.231. The van der Waals surface area contributed by atoms with Gasteiger partial charge in [0.2, 0.25) is 0 Å². The van der Waals surface area contributed by atoms with E-state index in [0.29, 0.717) is 12.0 Å². The van der Waals surface area contributed by atoms with Gasteiger partial charge in [-0.25, -0.2) is 8.78 Å². The summed E-state index contributed by atoms with van der Waals surface area (Å²) in [5, 5.41) is 1.98. The zero-order valence-electron chi connectivity index (χ0n) is 9.41. The number of hydrogen-bond acceptors (Lipinski definition) is 2. The van der Waals surface area contributed by atoms with Gasteiger partial charge in [-0.1, -0.05) is 6.07 Å². The van der Waals surface area contributed by atoms with Crippen LogP contribution in [0.15, 0.2) is 29.6 Å². The van der Waals surface area contributed by atoms with Gasteiger partial charge < -0.3 is 5.73 Å². The molecule has 2 N–H and O–H groups in total. The standard InChI is InChI=1S/C13H13F2NS/c1-8-10(4-5-17-8)13(16)7-9-2-3-11(14)12(15)6-9/h2-6,13H,7,16H2,1H3. The molecule has 1 heterocycles. The molecule has 0 saturated heterocycles. The number of rotatable bonds is 3. The summed E-state index contributed by atoms with van der Waals surface area (Å²) in [6, 6.07) is 5.71. The van der Waals surface area contributed by atoms with Crippen LogP contribution >= 0.6 is 11.3 Å². The fourth-order valence-corrected chi connectivity index (χ4v) is 2.58. The Morgan fingerprint density at radius 3 is 2.59 bits per heavy atom. The van der Waals surface area contributed by atoms with Crippen molar-refractivity contribution in [3.63, 3.8) is 0 Å². The minimum Gasteiger partial charge on any atom is -0.324 e. The van der Waals surface area contributed by atoms with Gasteiger partial charge in [0, 0.05) is 10.9 Å². The van der Waals surface area contributed by atoms with Gasteiger partial charge in [-0.2, -0.15) is 0 Å². The predicted molar refractivity (Wildman–Crippen MR) is 66.0 cm³/mol. The third kappa shape index (κ3) is 2.70. The Balaban J connectivity index is 2.16. The Morgan fingerprint density at radius 2 is 2.00 bits per heavy atom. The number of halogens is 2. The Kier molecular flexibility index (Phi) is 3.54. The van der Waals surface area contributed by atoms with Crippen molar-refractivity contribution in [1.82, 2.24) is 0 Å². The minimum absolute atomic E-state index is 0.175. The Morgan fingerprint density at radius 1 is 1.24 bits per heavy atom. The Hall–Kier alpha value is -1.26. The molecule has 1 aromatic heterocycles. The molecule has 0 spiro atoms. The molecule has 1 unspecified atom stereocenters. The van der Waals surface area contributed by atoms with E-state index in [1.165, 1.54) is 10.9 Å². The molecule has 0 amide bonds. The van der Waals surface area contributed by atoms with Crippen LogP contribution in [-0.4, -0.2) is 0 Å². The normalized spacial score (nSPS) is 12.7. The van der Waals surface area contributed by atoms with Crippen molar-refractivity contribution >= 4 is 11.3 Å². The molecule has 4 heteroatoms. The lowest BCUT2D eigenvalue weighted by Gasteiger charge is -2.11. The fourth-order valence-electron chi connectivity index (χ4n) is 1.81. The molecule has 1 aromatic carbocycles. The highest BCUT2D eigenvalue weighted by Gasteiger charge is 2.12. The van der Waals surface area contributed by atoms with Gasteiger partial charge in [-0.15, -0.1) is 11.3 Å². The van der Waals surface area contributed by atoms with Crippen molar-refractivity contribution in [2.45, 2.75) is 19.4 Å². The van der Waals surface area contributed by atoms with E-state index >= 15 is 0 Å². The zero-order valence-corrected chi connectivity index (χ0v) is 10.2. The lowest BCUT2D eigenvalue weighted by atomic mass is 10.0. The van der Waals surface area contributed by atoms with Gasteiger partial charge in [-0.05, 0) is 48.1 Å². The van der Waals surface area contributed by atoms with E-state index in [1.54, 1.807) is 17.4 Å². The molecule has 0 saturated carbocycles. The molecule has 0 aliphatic rings. The Labute approximate surface area is 103 Å². The number of aryl methyl sites for hydroxylation is 1. The van der Waals surface area contributed by atoms with Gasteiger partial charge in [0.15, 0.2) is 11.6 Å². The monoisotopic (exact) mass is 253 g/mol. The third-order valence-electron chi connectivity index (χ3n) is 2.74. The number of benzene rings is 1. The van der Waals surface area contributed by atoms with Crippen molar-refractivity contribution < 1.29 is 8.78 Å². The van der Waals surface area contributed by atoms with E-state index in [9.17, 15) is 8.78 Å². The van der Waals surface area contributed by atoms with Crippen molar-refractivity contribution in [2.24, 2.45) is 5.73 Å². The van der Waals surface area contributed by atoms with Crippen LogP contribution in [0.5, 0.6) is 0 Å². The molecule has 1 nitrogen and oxygen atoms in total. The molecule has 0 aliphatic heterocycles. The quantitative estimate of drug-likeness (QED) is 0.889. The van der Waals surface area contributed by atoms with Crippen LogP contribution in [-0.2, 0) is 6.42 Å². The maximum absolute atomic E-state index is 13.0. The zero-order chi connectivity index (χ0) is 12.4. The second kappa shape index (κ2) is 4.94. The molecule has 17 heavy (non-hydrogen) atoms. The van der Waals surface area contributed by atoms with Crippen molar-refractivity contribution in [1.29, 1.82) is 0 Å². The number of nitrogens with two attached hydrogens (primary N) is 1. The molecule has 0 radical (unpaired) electrons. The summed E-state index contributed by atoms with van der Waals surface area (Å²) in [5.74, 6) is -1.65. The van der Waals surface area contributed by atoms with Gasteiger partial charge >= 0.3 is 0 Å². The second-order valence-corrected chi connectivity index (χ2v) is 5.11. The lowest BCUT2D eigenvalue weighted by molar-refractivity contribution is 0.506. The van der Waals surface area contributed by atoms with E-state index in [2.05, 4.69) is 0 Å². The summed E-state index contributed by atoms with van der Waals surface area (Å²) in [6.07, 6.45) is 0.509. The maximum atomic E-state index is 13.0. The smallest absolute Gasteiger partial charge is 0.159 e. The first kappa shape index (κ1) is 12.2. The first-order valence-corrected chi connectivity index (χ1v) is 6.19. The summed E-state index contributed by atoms with van der Waals surface area (Å²) < 4.78 is 25.8. The first-order valence-electron chi connectivity index (χ1n) is 5.31. The van der Waals surface area contributed by atoms with Crippen molar-refractivity contribution in [3.05, 3.63) is 57.3 Å². The highest BCUT2D eigenvalue weighted by Crippen LogP contribution is 2.24. The third-order valence-corrected chi connectivity index (χ3v) is 3.60. The maximum Gasteiger partial charge on any atom is 0.159 e. The molecule has 2 aromatic rings. The average Bonchev–Trinajstić information content (AvgIpc) is 2.70. The van der Waals surface area contributed by atoms with Crippen LogP contribution < -0.4 is 5.73 Å². The lowest BCUT2D eigenvalue weighted by Crippen LogP contribution is -2.13. The Bertz CT molecular complexity index is 522. The van der Waals surface area contributed by atoms with Gasteiger partial charge in [0.25, 0.3) is 0 Å². The topological polar surface area (TPSA) is 26.0 Å². The molecule has 0 aliphatic carbocycles. The van der Waals surface area contributed by atoms with E-state index in [-0.39, 0.29) is 6.04 Å². The summed E-state index contributed by atoms with van der Waals surface area (Å²) >= 11 is 1.63. The molecule has 1 atom stereocenters. The summed E-state index contributed by atoms with van der Waals surface area (Å²) in [7, 11) is 0. The molecule has 0 bridgehead atoms. The SMILES string of the molecule is Cc1sccc1C(N)Cc1ccc(F)c(F)c1. The molecular weight excluding hydrogens is 240 g/mol. The van der Waals surface area contributed by atoms with Crippen LogP contribution in [0.25, 0.3) is 0 Å². The van der Waals surface area contributed by atoms with Gasteiger partial charge in [0.1, 0.15) is 0 Å². The summed E-state index contributed by atoms with van der Waals surface area (Å²) in [4.78, 5) is 1.17. The van der Waals surface area contributed by atoms with E-state index in [0.717, 1.165) is 11.6 Å². The van der Waals surface area contributed by atoms with Crippen LogP contribution in [0.4, 0.5) is 8.78 Å². The van der Waals surface area contributed by atoms with E-state index in [4.69, 9.17) is 5.73 Å². The summed E-state index contributed by atoms with van der Waals surface area (Å²) in [6.45, 7) is 2.01. The highest BCUT2D eigenvalue weighted by atomic mass is 32.1. The minimum atomic E-state index is -0.825. The van der Waals surface area contributed by atoms with Crippen LogP contribution in [0, 0.1) is 18.6 Å². The van der Waals surface area contributed by atoms with Crippen LogP contribution in [0.1, 0.15) is 22.0 Å². The predicted octanol–water partition coefficient (Wildman–Crippen LogP) is 3.58. The van der Waals surface area contributed by atoms with Crippen LogP contribution in [0.2, 0.25) is 0 Å². The molecule has 0 fully saturated rings. The van der Waals surface area contributed by atoms with Gasteiger partial charge in [-0.3, -0.25) is 0 Å². The number of hydrogen-bond donors (Lipinski definition) is 1. The second-order valence-electron chi connectivity index (χ2n) is 3.99. The van der Waals surface area contributed by atoms with E-state index in [1.807, 2.05) is 18.4 Å². The van der Waals surface area contributed by atoms with Gasteiger partial charge in [0.05, 0.1) is 0 Å². The first-order chi connectivity index (χ1) is 8.08. The summed E-state index contributed by atoms with van der Waals surface area (Å²) in [5.41, 5.74) is 7.83. The molecular formula is C13H13F2NS. The van der Waals surface area contributed by atoms with Crippen molar-refractivity contribution in [2.75, 3.05) is 0 Å². The molecule has 90 valence electrons. The van der Waals surface area contributed by atoms with E-state index < -0.39 is 11.6 Å².